The van der Waals surface area contributed by atoms with Gasteiger partial charge in [0, 0.05) is 7.05 Å². The van der Waals surface area contributed by atoms with Crippen molar-refractivity contribution in [2.75, 3.05) is 7.05 Å². The molecule has 0 aromatic carbocycles. The lowest BCUT2D eigenvalue weighted by Gasteiger charge is -1.80. The third-order valence-electron chi connectivity index (χ3n) is 0.246. The van der Waals surface area contributed by atoms with Crippen LogP contribution in [0.2, 0.25) is 0 Å². The zero-order valence-corrected chi connectivity index (χ0v) is 4.92. The van der Waals surface area contributed by atoms with E-state index in [0.29, 0.717) is 0 Å². The highest BCUT2D eigenvalue weighted by Crippen LogP contribution is 1.38. The van der Waals surface area contributed by atoms with Crippen LogP contribution in [-0.2, 0) is 0 Å². The third kappa shape index (κ3) is 462. The zero-order valence-electron chi connectivity index (χ0n) is 4.92. The van der Waals surface area contributed by atoms with E-state index in [2.05, 4.69) is 16.8 Å². The van der Waals surface area contributed by atoms with E-state index in [9.17, 15) is 4.79 Å². The highest BCUT2D eigenvalue weighted by atomic mass is 16.4. The Morgan fingerprint density at radius 2 is 1.56 bits per heavy atom. The van der Waals surface area contributed by atoms with E-state index in [4.69, 9.17) is 9.90 Å². The molecule has 0 bridgehead atoms. The Hall–Kier alpha value is -1.46. The van der Waals surface area contributed by atoms with Crippen molar-refractivity contribution in [3.63, 3.8) is 0 Å². The number of amides is 3. The van der Waals surface area contributed by atoms with Crippen molar-refractivity contribution in [1.29, 1.82) is 0 Å². The van der Waals surface area contributed by atoms with Gasteiger partial charge >= 0.3 is 12.1 Å². The topological polar surface area (TPSA) is 118 Å². The summed E-state index contributed by atoms with van der Waals surface area (Å²) >= 11 is 0. The molecule has 0 unspecified atom stereocenters. The van der Waals surface area contributed by atoms with Gasteiger partial charge in [0.05, 0.1) is 0 Å². The van der Waals surface area contributed by atoms with Gasteiger partial charge in [0.25, 0.3) is 0 Å². The molecule has 0 aromatic heterocycles. The number of rotatable bonds is 0. The number of hydrogen-bond donors (Lipinski definition) is 4. The van der Waals surface area contributed by atoms with E-state index in [1.165, 1.54) is 7.05 Å². The molecule has 6 heteroatoms. The molecule has 9 heavy (non-hydrogen) atoms. The number of nitrogens with one attached hydrogen (secondary N) is 1. The lowest BCUT2D eigenvalue weighted by atomic mass is 11.1. The largest absolute Gasteiger partial charge is 0.465 e. The summed E-state index contributed by atoms with van der Waals surface area (Å²) in [6.07, 6.45) is -1.33. The first-order valence-electron chi connectivity index (χ1n) is 1.96. The van der Waals surface area contributed by atoms with Crippen molar-refractivity contribution in [2.45, 2.75) is 0 Å². The second kappa shape index (κ2) is 6.54. The van der Waals surface area contributed by atoms with Gasteiger partial charge in [-0.3, -0.25) is 0 Å². The Morgan fingerprint density at radius 1 is 1.44 bits per heavy atom. The smallest absolute Gasteiger partial charge is 0.402 e. The number of nitrogens with two attached hydrogens (primary N) is 2. The molecule has 6 nitrogen and oxygen atoms in total. The summed E-state index contributed by atoms with van der Waals surface area (Å²) in [5, 5.41) is 9.36. The maximum Gasteiger partial charge on any atom is 0.402 e. The Morgan fingerprint density at radius 3 is 1.56 bits per heavy atom. The molecule has 0 radical (unpaired) electrons. The van der Waals surface area contributed by atoms with Crippen LogP contribution in [0.15, 0.2) is 0 Å². The van der Waals surface area contributed by atoms with Crippen LogP contribution in [-0.4, -0.2) is 24.3 Å². The molecule has 0 aliphatic rings. The minimum absolute atomic E-state index is 0.495. The molecule has 0 saturated carbocycles. The quantitative estimate of drug-likeness (QED) is 0.337. The van der Waals surface area contributed by atoms with Gasteiger partial charge in [-0.05, 0) is 0 Å². The number of urea groups is 1. The highest BCUT2D eigenvalue weighted by molar-refractivity contribution is 5.71. The molecule has 0 saturated heterocycles. The first kappa shape index (κ1) is 10.5. The number of carbonyl (C=O) groups excluding carboxylic acids is 1. The molecule has 0 aliphatic carbocycles. The van der Waals surface area contributed by atoms with Crippen LogP contribution in [0, 0.1) is 0 Å². The average molecular weight is 135 g/mol. The number of carbonyl (C=O) groups is 2. The monoisotopic (exact) mass is 135 g/mol. The van der Waals surface area contributed by atoms with Gasteiger partial charge in [-0.15, -0.1) is 0 Å². The van der Waals surface area contributed by atoms with Gasteiger partial charge in [0.15, 0.2) is 0 Å². The Bertz CT molecular complexity index is 98.5. The molecule has 0 rings (SSSR count). The van der Waals surface area contributed by atoms with Gasteiger partial charge in [-0.2, -0.15) is 0 Å². The molecule has 0 atom stereocenters. The number of hydrogen-bond acceptors (Lipinski definition) is 2. The third-order valence-corrected chi connectivity index (χ3v) is 0.246. The lowest BCUT2D eigenvalue weighted by Crippen LogP contribution is -2.24. The van der Waals surface area contributed by atoms with Crippen LogP contribution in [0.4, 0.5) is 9.59 Å². The van der Waals surface area contributed by atoms with Gasteiger partial charge < -0.3 is 21.9 Å². The summed E-state index contributed by atoms with van der Waals surface area (Å²) in [5.74, 6) is 0. The van der Waals surface area contributed by atoms with E-state index in [-0.39, 0.29) is 0 Å². The molecule has 0 heterocycles. The first-order valence-corrected chi connectivity index (χ1v) is 1.96. The van der Waals surface area contributed by atoms with Gasteiger partial charge in [-0.25, -0.2) is 9.59 Å². The van der Waals surface area contributed by atoms with Gasteiger partial charge in [0.2, 0.25) is 0 Å². The molecule has 6 N–H and O–H groups in total. The molecule has 0 aliphatic heterocycles. The summed E-state index contributed by atoms with van der Waals surface area (Å²) in [4.78, 5) is 18.3. The predicted molar refractivity (Wildman–Crippen MR) is 30.9 cm³/mol. The molecular formula is C3H9N3O3. The van der Waals surface area contributed by atoms with Crippen molar-refractivity contribution in [1.82, 2.24) is 5.32 Å². The number of carboxylic acid groups (broad SMARTS) is 1. The molecular weight excluding hydrogens is 126 g/mol. The summed E-state index contributed by atoms with van der Waals surface area (Å²) < 4.78 is 0. The fraction of sp³-hybridized carbons (Fsp3) is 0.333. The number of primary amides is 2. The van der Waals surface area contributed by atoms with Gasteiger partial charge in [0.1, 0.15) is 0 Å². The van der Waals surface area contributed by atoms with Crippen molar-refractivity contribution < 1.29 is 14.7 Å². The summed E-state index contributed by atoms with van der Waals surface area (Å²) in [7, 11) is 1.47. The van der Waals surface area contributed by atoms with Crippen molar-refractivity contribution in [3.8, 4) is 0 Å². The van der Waals surface area contributed by atoms with Crippen LogP contribution in [0.3, 0.4) is 0 Å². The Labute approximate surface area is 51.8 Å². The van der Waals surface area contributed by atoms with Crippen LogP contribution >= 0.6 is 0 Å². The fourth-order valence-electron chi connectivity index (χ4n) is 0. The van der Waals surface area contributed by atoms with Crippen LogP contribution < -0.4 is 16.8 Å². The molecule has 0 spiro atoms. The van der Waals surface area contributed by atoms with Crippen molar-refractivity contribution in [2.24, 2.45) is 11.5 Å². The van der Waals surface area contributed by atoms with Crippen LogP contribution in [0.5, 0.6) is 0 Å². The average Bonchev–Trinajstić information content (AvgIpc) is 1.65. The maximum absolute atomic E-state index is 9.48. The van der Waals surface area contributed by atoms with Gasteiger partial charge in [-0.1, -0.05) is 0 Å². The summed E-state index contributed by atoms with van der Waals surface area (Å²) in [6.45, 7) is 0. The van der Waals surface area contributed by atoms with E-state index >= 15 is 0 Å². The molecule has 0 fully saturated rings. The van der Waals surface area contributed by atoms with E-state index in [0.717, 1.165) is 0 Å². The summed E-state index contributed by atoms with van der Waals surface area (Å²) in [6, 6.07) is -0.495. The molecule has 54 valence electrons. The maximum atomic E-state index is 9.48. The van der Waals surface area contributed by atoms with E-state index in [1.807, 2.05) is 0 Å². The molecule has 3 amide bonds. The highest BCUT2D eigenvalue weighted by Gasteiger charge is 1.72. The normalized spacial score (nSPS) is 6.33. The minimum Gasteiger partial charge on any atom is -0.465 e. The lowest BCUT2D eigenvalue weighted by molar-refractivity contribution is 0.205. The van der Waals surface area contributed by atoms with E-state index < -0.39 is 12.1 Å². The zero-order chi connectivity index (χ0) is 7.86. The Balaban J connectivity index is 0. The minimum atomic E-state index is -1.33. The molecule has 0 aromatic rings. The Kier molecular flexibility index (Phi) is 7.64. The van der Waals surface area contributed by atoms with Crippen molar-refractivity contribution >= 4 is 12.1 Å². The second-order valence-corrected chi connectivity index (χ2v) is 0.952. The van der Waals surface area contributed by atoms with Crippen LogP contribution in [0.1, 0.15) is 0 Å². The second-order valence-electron chi connectivity index (χ2n) is 0.952. The van der Waals surface area contributed by atoms with E-state index in [1.54, 1.807) is 0 Å². The standard InChI is InChI=1S/C2H6N2O.CH3NO2/c1-4-2(3)5;2-1(3)4/h1H3,(H3,3,4,5);2H2,(H,3,4). The van der Waals surface area contributed by atoms with Crippen LogP contribution in [0.25, 0.3) is 0 Å². The first-order chi connectivity index (χ1) is 4.00. The summed E-state index contributed by atoms with van der Waals surface area (Å²) in [5.41, 5.74) is 8.57. The van der Waals surface area contributed by atoms with Crippen molar-refractivity contribution in [3.05, 3.63) is 0 Å². The fourth-order valence-corrected chi connectivity index (χ4v) is 0. The predicted octanol–water partition coefficient (Wildman–Crippen LogP) is -1.09. The SMILES string of the molecule is CNC(N)=O.NC(=O)O.